The van der Waals surface area contributed by atoms with E-state index in [1.807, 2.05) is 42.5 Å². The van der Waals surface area contributed by atoms with Gasteiger partial charge in [0.05, 0.1) is 11.2 Å². The van der Waals surface area contributed by atoms with Gasteiger partial charge in [0.15, 0.2) is 11.5 Å². The fourth-order valence-corrected chi connectivity index (χ4v) is 2.44. The van der Waals surface area contributed by atoms with Crippen LogP contribution >= 0.6 is 0 Å². The van der Waals surface area contributed by atoms with E-state index in [1.165, 1.54) is 0 Å². The summed E-state index contributed by atoms with van der Waals surface area (Å²) in [4.78, 5) is 4.33. The molecule has 1 aliphatic heterocycles. The highest BCUT2D eigenvalue weighted by atomic mass is 16.7. The normalized spacial score (nSPS) is 12.6. The lowest BCUT2D eigenvalue weighted by Gasteiger charge is -2.10. The zero-order valence-electron chi connectivity index (χ0n) is 11.2. The molecule has 3 aromatic rings. The molecule has 3 N–H and O–H groups in total. The average molecular weight is 279 g/mol. The van der Waals surface area contributed by atoms with Crippen molar-refractivity contribution in [3.8, 4) is 11.5 Å². The standard InChI is InChI=1S/C16H13N3O2/c17-12-3-1-2-11-13(6-7-18-16(11)12)19-10-4-5-14-15(8-10)21-9-20-14/h1-8H,9,17H2,(H,18,19). The number of benzene rings is 2. The molecule has 0 bridgehead atoms. The van der Waals surface area contributed by atoms with Gasteiger partial charge in [-0.2, -0.15) is 0 Å². The van der Waals surface area contributed by atoms with Gasteiger partial charge in [0.25, 0.3) is 0 Å². The van der Waals surface area contributed by atoms with Crippen LogP contribution in [0.5, 0.6) is 11.5 Å². The van der Waals surface area contributed by atoms with Gasteiger partial charge in [-0.15, -0.1) is 0 Å². The van der Waals surface area contributed by atoms with Crippen LogP contribution in [0.3, 0.4) is 0 Å². The summed E-state index contributed by atoms with van der Waals surface area (Å²) >= 11 is 0. The van der Waals surface area contributed by atoms with Gasteiger partial charge < -0.3 is 20.5 Å². The van der Waals surface area contributed by atoms with Crippen molar-refractivity contribution in [3.63, 3.8) is 0 Å². The van der Waals surface area contributed by atoms with Crippen molar-refractivity contribution in [2.45, 2.75) is 0 Å². The topological polar surface area (TPSA) is 69.4 Å². The molecule has 0 fully saturated rings. The fourth-order valence-electron chi connectivity index (χ4n) is 2.44. The molecule has 0 spiro atoms. The molecule has 1 aliphatic rings. The van der Waals surface area contributed by atoms with Crippen LogP contribution in [0.4, 0.5) is 17.1 Å². The van der Waals surface area contributed by atoms with Gasteiger partial charge in [0, 0.05) is 29.0 Å². The van der Waals surface area contributed by atoms with Crippen molar-refractivity contribution < 1.29 is 9.47 Å². The smallest absolute Gasteiger partial charge is 0.231 e. The molecule has 0 atom stereocenters. The zero-order valence-corrected chi connectivity index (χ0v) is 11.2. The average Bonchev–Trinajstić information content (AvgIpc) is 2.96. The number of anilines is 3. The van der Waals surface area contributed by atoms with Crippen LogP contribution in [-0.4, -0.2) is 11.8 Å². The number of nitrogens with zero attached hydrogens (tertiary/aromatic N) is 1. The Morgan fingerprint density at radius 2 is 1.95 bits per heavy atom. The van der Waals surface area contributed by atoms with Crippen molar-refractivity contribution in [1.29, 1.82) is 0 Å². The number of hydrogen-bond acceptors (Lipinski definition) is 5. The SMILES string of the molecule is Nc1cccc2c(Nc3ccc4c(c3)OCO4)ccnc12. The molecule has 0 unspecified atom stereocenters. The van der Waals surface area contributed by atoms with Crippen LogP contribution in [0.15, 0.2) is 48.7 Å². The minimum Gasteiger partial charge on any atom is -0.454 e. The first-order chi connectivity index (χ1) is 10.3. The lowest BCUT2D eigenvalue weighted by Crippen LogP contribution is -1.95. The van der Waals surface area contributed by atoms with Crippen molar-refractivity contribution in [1.82, 2.24) is 4.98 Å². The van der Waals surface area contributed by atoms with Gasteiger partial charge in [-0.3, -0.25) is 4.98 Å². The summed E-state index contributed by atoms with van der Waals surface area (Å²) in [5, 5.41) is 4.35. The van der Waals surface area contributed by atoms with Gasteiger partial charge in [0.1, 0.15) is 0 Å². The Morgan fingerprint density at radius 1 is 1.05 bits per heavy atom. The van der Waals surface area contributed by atoms with Crippen LogP contribution in [0.1, 0.15) is 0 Å². The third-order valence-electron chi connectivity index (χ3n) is 3.45. The number of rotatable bonds is 2. The first kappa shape index (κ1) is 11.8. The Kier molecular flexibility index (Phi) is 2.57. The van der Waals surface area contributed by atoms with E-state index < -0.39 is 0 Å². The molecule has 0 amide bonds. The lowest BCUT2D eigenvalue weighted by atomic mass is 10.1. The number of para-hydroxylation sites is 1. The summed E-state index contributed by atoms with van der Waals surface area (Å²) in [6.45, 7) is 0.271. The van der Waals surface area contributed by atoms with Crippen LogP contribution in [0, 0.1) is 0 Å². The van der Waals surface area contributed by atoms with E-state index in [0.717, 1.165) is 33.8 Å². The van der Waals surface area contributed by atoms with E-state index in [4.69, 9.17) is 15.2 Å². The summed E-state index contributed by atoms with van der Waals surface area (Å²) in [5.74, 6) is 1.52. The Labute approximate surface area is 121 Å². The second kappa shape index (κ2) is 4.56. The maximum absolute atomic E-state index is 5.97. The molecule has 21 heavy (non-hydrogen) atoms. The van der Waals surface area contributed by atoms with Crippen molar-refractivity contribution in [3.05, 3.63) is 48.7 Å². The number of nitrogen functional groups attached to an aromatic ring is 1. The second-order valence-electron chi connectivity index (χ2n) is 4.79. The molecule has 0 saturated heterocycles. The van der Waals surface area contributed by atoms with Crippen LogP contribution in [-0.2, 0) is 0 Å². The largest absolute Gasteiger partial charge is 0.454 e. The van der Waals surface area contributed by atoms with E-state index >= 15 is 0 Å². The minimum absolute atomic E-state index is 0.271. The second-order valence-corrected chi connectivity index (χ2v) is 4.79. The van der Waals surface area contributed by atoms with Gasteiger partial charge in [-0.05, 0) is 24.3 Å². The quantitative estimate of drug-likeness (QED) is 0.704. The van der Waals surface area contributed by atoms with Crippen molar-refractivity contribution >= 4 is 28.0 Å². The number of hydrogen-bond donors (Lipinski definition) is 2. The summed E-state index contributed by atoms with van der Waals surface area (Å²) in [6.07, 6.45) is 1.74. The third kappa shape index (κ3) is 1.99. The van der Waals surface area contributed by atoms with E-state index in [2.05, 4.69) is 10.3 Å². The molecule has 5 heteroatoms. The highest BCUT2D eigenvalue weighted by molar-refractivity contribution is 5.98. The number of pyridine rings is 1. The van der Waals surface area contributed by atoms with E-state index in [0.29, 0.717) is 5.69 Å². The van der Waals surface area contributed by atoms with Crippen LogP contribution in [0.25, 0.3) is 10.9 Å². The van der Waals surface area contributed by atoms with E-state index in [1.54, 1.807) is 6.20 Å². The molecule has 0 radical (unpaired) electrons. The van der Waals surface area contributed by atoms with Gasteiger partial charge in [-0.25, -0.2) is 0 Å². The number of ether oxygens (including phenoxy) is 2. The van der Waals surface area contributed by atoms with Crippen molar-refractivity contribution in [2.24, 2.45) is 0 Å². The highest BCUT2D eigenvalue weighted by Gasteiger charge is 2.13. The van der Waals surface area contributed by atoms with Crippen molar-refractivity contribution in [2.75, 3.05) is 17.8 Å². The molecule has 0 saturated carbocycles. The lowest BCUT2D eigenvalue weighted by molar-refractivity contribution is 0.174. The zero-order chi connectivity index (χ0) is 14.2. The molecule has 5 nitrogen and oxygen atoms in total. The van der Waals surface area contributed by atoms with E-state index in [9.17, 15) is 0 Å². The Hall–Kier alpha value is -2.95. The fraction of sp³-hybridized carbons (Fsp3) is 0.0625. The molecule has 0 aliphatic carbocycles. The molecule has 1 aromatic heterocycles. The number of nitrogens with two attached hydrogens (primary N) is 1. The van der Waals surface area contributed by atoms with Gasteiger partial charge in [-0.1, -0.05) is 12.1 Å². The molecule has 2 heterocycles. The predicted molar refractivity (Wildman–Crippen MR) is 82.0 cm³/mol. The highest BCUT2D eigenvalue weighted by Crippen LogP contribution is 2.36. The Morgan fingerprint density at radius 3 is 2.90 bits per heavy atom. The van der Waals surface area contributed by atoms with Gasteiger partial charge >= 0.3 is 0 Å². The summed E-state index contributed by atoms with van der Waals surface area (Å²) in [5.41, 5.74) is 9.30. The summed E-state index contributed by atoms with van der Waals surface area (Å²) in [7, 11) is 0. The molecule has 2 aromatic carbocycles. The van der Waals surface area contributed by atoms with Crippen LogP contribution in [0.2, 0.25) is 0 Å². The third-order valence-corrected chi connectivity index (χ3v) is 3.45. The maximum Gasteiger partial charge on any atom is 0.231 e. The first-order valence-electron chi connectivity index (χ1n) is 6.61. The van der Waals surface area contributed by atoms with Crippen LogP contribution < -0.4 is 20.5 Å². The molecule has 4 rings (SSSR count). The summed E-state index contributed by atoms with van der Waals surface area (Å²) in [6, 6.07) is 13.4. The Bertz CT molecular complexity index is 833. The number of aromatic nitrogens is 1. The molecular weight excluding hydrogens is 266 g/mol. The molecule has 104 valence electrons. The number of fused-ring (bicyclic) bond motifs is 2. The summed E-state index contributed by atoms with van der Waals surface area (Å²) < 4.78 is 10.7. The Balaban J connectivity index is 1.76. The number of nitrogens with one attached hydrogen (secondary N) is 1. The van der Waals surface area contributed by atoms with E-state index in [-0.39, 0.29) is 6.79 Å². The molecular formula is C16H13N3O2. The first-order valence-corrected chi connectivity index (χ1v) is 6.61. The monoisotopic (exact) mass is 279 g/mol. The predicted octanol–water partition coefficient (Wildman–Crippen LogP) is 3.29. The maximum atomic E-state index is 5.97. The van der Waals surface area contributed by atoms with Gasteiger partial charge in [0.2, 0.25) is 6.79 Å². The minimum atomic E-state index is 0.271.